The summed E-state index contributed by atoms with van der Waals surface area (Å²) >= 11 is 0. The highest BCUT2D eigenvalue weighted by atomic mass is 19.4. The zero-order chi connectivity index (χ0) is 19.8. The van der Waals surface area contributed by atoms with Gasteiger partial charge >= 0.3 is 12.1 Å². The molecule has 1 aliphatic carbocycles. The van der Waals surface area contributed by atoms with E-state index in [0.717, 1.165) is 25.7 Å². The van der Waals surface area contributed by atoms with Crippen molar-refractivity contribution in [2.45, 2.75) is 56.7 Å². The molecule has 0 bridgehead atoms. The van der Waals surface area contributed by atoms with Crippen LogP contribution in [-0.2, 0) is 4.79 Å². The number of alkyl halides is 3. The first-order valence-corrected chi connectivity index (χ1v) is 9.12. The van der Waals surface area contributed by atoms with Gasteiger partial charge in [0, 0.05) is 5.56 Å². The van der Waals surface area contributed by atoms with E-state index in [9.17, 15) is 23.1 Å². The molecule has 27 heavy (non-hydrogen) atoms. The molecular formula is C20H24F3NO3. The molecule has 0 saturated heterocycles. The van der Waals surface area contributed by atoms with Crippen LogP contribution in [0.5, 0.6) is 5.75 Å². The Kier molecular flexibility index (Phi) is 7.55. The molecular weight excluding hydrogens is 359 g/mol. The van der Waals surface area contributed by atoms with Crippen molar-refractivity contribution in [2.24, 2.45) is 0 Å². The lowest BCUT2D eigenvalue weighted by atomic mass is 9.87. The van der Waals surface area contributed by atoms with Gasteiger partial charge < -0.3 is 15.2 Å². The summed E-state index contributed by atoms with van der Waals surface area (Å²) in [5.41, 5.74) is -0.318. The highest BCUT2D eigenvalue weighted by Gasteiger charge is 2.38. The number of carbonyl (C=O) groups is 1. The minimum absolute atomic E-state index is 0.0946. The Balaban J connectivity index is 1.89. The molecule has 1 aliphatic rings. The standard InChI is InChI=1S/C20H24F3NO3/c21-20(22,23)18(25)24-13-14-27-17-8-6-7-16(15-17)9-12-19(26)10-4-2-1-3-5-11-19/h6-8,15,26H,1-5,10-11,13-14H2,(H,24,25). The zero-order valence-electron chi connectivity index (χ0n) is 15.1. The van der Waals surface area contributed by atoms with Crippen LogP contribution in [-0.4, -0.2) is 35.9 Å². The molecule has 1 aromatic rings. The van der Waals surface area contributed by atoms with E-state index in [0.29, 0.717) is 24.2 Å². The third kappa shape index (κ3) is 7.51. The first-order chi connectivity index (χ1) is 12.8. The average molecular weight is 383 g/mol. The average Bonchev–Trinajstić information content (AvgIpc) is 2.60. The second kappa shape index (κ2) is 9.65. The predicted molar refractivity (Wildman–Crippen MR) is 95.1 cm³/mol. The summed E-state index contributed by atoms with van der Waals surface area (Å²) in [6.45, 7) is -0.351. The Morgan fingerprint density at radius 2 is 1.85 bits per heavy atom. The second-order valence-corrected chi connectivity index (χ2v) is 6.68. The Hall–Kier alpha value is -2.20. The molecule has 2 N–H and O–H groups in total. The topological polar surface area (TPSA) is 58.6 Å². The van der Waals surface area contributed by atoms with Crippen LogP contribution in [0.2, 0.25) is 0 Å². The van der Waals surface area contributed by atoms with Crippen molar-refractivity contribution in [3.63, 3.8) is 0 Å². The summed E-state index contributed by atoms with van der Waals surface area (Å²) in [7, 11) is 0. The van der Waals surface area contributed by atoms with Crippen LogP contribution in [0, 0.1) is 11.8 Å². The number of rotatable bonds is 4. The molecule has 0 spiro atoms. The van der Waals surface area contributed by atoms with Gasteiger partial charge in [-0.15, -0.1) is 0 Å². The lowest BCUT2D eigenvalue weighted by molar-refractivity contribution is -0.173. The highest BCUT2D eigenvalue weighted by molar-refractivity contribution is 5.81. The number of hydrogen-bond donors (Lipinski definition) is 2. The summed E-state index contributed by atoms with van der Waals surface area (Å²) < 4.78 is 41.6. The number of aliphatic hydroxyl groups is 1. The summed E-state index contributed by atoms with van der Waals surface area (Å²) in [4.78, 5) is 10.7. The smallest absolute Gasteiger partial charge is 0.471 e. The van der Waals surface area contributed by atoms with Gasteiger partial charge in [0.25, 0.3) is 0 Å². The molecule has 0 unspecified atom stereocenters. The van der Waals surface area contributed by atoms with Crippen molar-refractivity contribution in [3.8, 4) is 17.6 Å². The molecule has 4 nitrogen and oxygen atoms in total. The maximum Gasteiger partial charge on any atom is 0.471 e. The van der Waals surface area contributed by atoms with Crippen molar-refractivity contribution in [2.75, 3.05) is 13.2 Å². The Morgan fingerprint density at radius 3 is 2.52 bits per heavy atom. The van der Waals surface area contributed by atoms with Gasteiger partial charge in [-0.2, -0.15) is 13.2 Å². The summed E-state index contributed by atoms with van der Waals surface area (Å²) in [6.07, 6.45) is 1.76. The van der Waals surface area contributed by atoms with Crippen molar-refractivity contribution in [1.82, 2.24) is 5.32 Å². The molecule has 7 heteroatoms. The molecule has 1 saturated carbocycles. The quantitative estimate of drug-likeness (QED) is 0.617. The zero-order valence-corrected chi connectivity index (χ0v) is 15.1. The lowest BCUT2D eigenvalue weighted by Gasteiger charge is -2.24. The fraction of sp³-hybridized carbons (Fsp3) is 0.550. The third-order valence-corrected chi connectivity index (χ3v) is 4.37. The molecule has 0 heterocycles. The predicted octanol–water partition coefficient (Wildman–Crippen LogP) is 3.57. The lowest BCUT2D eigenvalue weighted by Crippen LogP contribution is -2.38. The molecule has 1 amide bonds. The van der Waals surface area contributed by atoms with E-state index in [4.69, 9.17) is 4.74 Å². The van der Waals surface area contributed by atoms with Gasteiger partial charge in [-0.3, -0.25) is 4.79 Å². The van der Waals surface area contributed by atoms with Crippen molar-refractivity contribution in [1.29, 1.82) is 0 Å². The van der Waals surface area contributed by atoms with E-state index in [1.807, 2.05) is 0 Å². The maximum absolute atomic E-state index is 12.1. The van der Waals surface area contributed by atoms with Crippen molar-refractivity contribution in [3.05, 3.63) is 29.8 Å². The fourth-order valence-electron chi connectivity index (χ4n) is 2.90. The third-order valence-electron chi connectivity index (χ3n) is 4.37. The molecule has 148 valence electrons. The Labute approximate surface area is 157 Å². The minimum atomic E-state index is -4.90. The number of amides is 1. The first kappa shape index (κ1) is 21.1. The van der Waals surface area contributed by atoms with Gasteiger partial charge in [0.2, 0.25) is 0 Å². The summed E-state index contributed by atoms with van der Waals surface area (Å²) in [5, 5.41) is 12.4. The Morgan fingerprint density at radius 1 is 1.19 bits per heavy atom. The first-order valence-electron chi connectivity index (χ1n) is 9.12. The highest BCUT2D eigenvalue weighted by Crippen LogP contribution is 2.26. The number of carbonyl (C=O) groups excluding carboxylic acids is 1. The van der Waals surface area contributed by atoms with Gasteiger partial charge in [0.15, 0.2) is 0 Å². The fourth-order valence-corrected chi connectivity index (χ4v) is 2.90. The molecule has 0 radical (unpaired) electrons. The minimum Gasteiger partial charge on any atom is -0.492 e. The van der Waals surface area contributed by atoms with E-state index in [1.54, 1.807) is 29.6 Å². The van der Waals surface area contributed by atoms with Gasteiger partial charge in [0.1, 0.15) is 18.0 Å². The number of halogens is 3. The molecule has 0 atom stereocenters. The Bertz CT molecular complexity index is 684. The van der Waals surface area contributed by atoms with E-state index in [-0.39, 0.29) is 13.2 Å². The monoisotopic (exact) mass is 383 g/mol. The largest absolute Gasteiger partial charge is 0.492 e. The number of hydrogen-bond acceptors (Lipinski definition) is 3. The van der Waals surface area contributed by atoms with Crippen LogP contribution in [0.15, 0.2) is 24.3 Å². The number of benzene rings is 1. The molecule has 1 aromatic carbocycles. The summed E-state index contributed by atoms with van der Waals surface area (Å²) in [5.74, 6) is 4.40. The van der Waals surface area contributed by atoms with Crippen LogP contribution >= 0.6 is 0 Å². The van der Waals surface area contributed by atoms with Crippen LogP contribution < -0.4 is 10.1 Å². The summed E-state index contributed by atoms with van der Waals surface area (Å²) in [6, 6.07) is 6.81. The van der Waals surface area contributed by atoms with Crippen LogP contribution in [0.1, 0.15) is 50.5 Å². The van der Waals surface area contributed by atoms with Crippen LogP contribution in [0.4, 0.5) is 13.2 Å². The van der Waals surface area contributed by atoms with Crippen molar-refractivity contribution >= 4 is 5.91 Å². The SMILES string of the molecule is O=C(NCCOc1cccc(C#CC2(O)CCCCCCC2)c1)C(F)(F)F. The molecule has 2 rings (SSSR count). The van der Waals surface area contributed by atoms with E-state index >= 15 is 0 Å². The van der Waals surface area contributed by atoms with Crippen LogP contribution in [0.25, 0.3) is 0 Å². The number of nitrogens with one attached hydrogen (secondary N) is 1. The molecule has 0 aromatic heterocycles. The van der Waals surface area contributed by atoms with E-state index in [1.165, 1.54) is 6.42 Å². The maximum atomic E-state index is 12.1. The van der Waals surface area contributed by atoms with Gasteiger partial charge in [-0.1, -0.05) is 37.2 Å². The molecule has 0 aliphatic heterocycles. The normalized spacial score (nSPS) is 17.0. The van der Waals surface area contributed by atoms with Gasteiger partial charge in [-0.05, 0) is 43.9 Å². The van der Waals surface area contributed by atoms with Gasteiger partial charge in [0.05, 0.1) is 6.54 Å². The van der Waals surface area contributed by atoms with E-state index in [2.05, 4.69) is 11.8 Å². The van der Waals surface area contributed by atoms with Gasteiger partial charge in [-0.25, -0.2) is 0 Å². The number of ether oxygens (including phenoxy) is 1. The van der Waals surface area contributed by atoms with Crippen molar-refractivity contribution < 1.29 is 27.8 Å². The second-order valence-electron chi connectivity index (χ2n) is 6.68. The van der Waals surface area contributed by atoms with E-state index < -0.39 is 17.7 Å². The van der Waals surface area contributed by atoms with Crippen LogP contribution in [0.3, 0.4) is 0 Å². The molecule has 1 fully saturated rings.